The summed E-state index contributed by atoms with van der Waals surface area (Å²) >= 11 is 3.47. The van der Waals surface area contributed by atoms with E-state index in [9.17, 15) is 5.11 Å². The average Bonchev–Trinajstić information content (AvgIpc) is 3.00. The first kappa shape index (κ1) is 12.8. The predicted octanol–water partition coefficient (Wildman–Crippen LogP) is 2.07. The number of aliphatic hydroxyl groups excluding tert-OH is 1. The van der Waals surface area contributed by atoms with Crippen LogP contribution in [-0.4, -0.2) is 39.4 Å². The normalized spacial score (nSPS) is 20.0. The first-order valence-corrected chi connectivity index (χ1v) is 6.99. The molecule has 2 aromatic rings. The van der Waals surface area contributed by atoms with E-state index in [-0.39, 0.29) is 6.10 Å². The maximum absolute atomic E-state index is 9.48. The van der Waals surface area contributed by atoms with E-state index in [1.807, 2.05) is 24.3 Å². The van der Waals surface area contributed by atoms with Crippen LogP contribution in [0.4, 0.5) is 0 Å². The van der Waals surface area contributed by atoms with E-state index >= 15 is 0 Å². The molecule has 1 atom stereocenters. The third-order valence-electron chi connectivity index (χ3n) is 3.18. The fourth-order valence-electron chi connectivity index (χ4n) is 2.21. The van der Waals surface area contributed by atoms with E-state index in [1.54, 1.807) is 0 Å². The van der Waals surface area contributed by atoms with Gasteiger partial charge in [-0.25, -0.2) is 0 Å². The fraction of sp³-hybridized carbons (Fsp3) is 0.385. The highest BCUT2D eigenvalue weighted by Gasteiger charge is 2.22. The Bertz CT molecular complexity index is 573. The van der Waals surface area contributed by atoms with Crippen LogP contribution < -0.4 is 0 Å². The summed E-state index contributed by atoms with van der Waals surface area (Å²) in [7, 11) is 0. The second-order valence-electron chi connectivity index (χ2n) is 4.66. The van der Waals surface area contributed by atoms with Gasteiger partial charge < -0.3 is 9.52 Å². The van der Waals surface area contributed by atoms with Crippen LogP contribution >= 0.6 is 15.9 Å². The highest BCUT2D eigenvalue weighted by Crippen LogP contribution is 2.27. The molecule has 0 bridgehead atoms. The van der Waals surface area contributed by atoms with Crippen LogP contribution in [0.25, 0.3) is 11.5 Å². The van der Waals surface area contributed by atoms with E-state index in [1.165, 1.54) is 0 Å². The molecule has 3 rings (SSSR count). The average molecular weight is 324 g/mol. The minimum Gasteiger partial charge on any atom is -0.419 e. The number of likely N-dealkylation sites (tertiary alicyclic amines) is 1. The van der Waals surface area contributed by atoms with Crippen molar-refractivity contribution in [1.29, 1.82) is 0 Å². The highest BCUT2D eigenvalue weighted by molar-refractivity contribution is 9.10. The summed E-state index contributed by atoms with van der Waals surface area (Å²) in [5, 5.41) is 17.6. The van der Waals surface area contributed by atoms with Gasteiger partial charge in [0.2, 0.25) is 11.8 Å². The first-order chi connectivity index (χ1) is 9.22. The van der Waals surface area contributed by atoms with E-state index in [4.69, 9.17) is 4.42 Å². The topological polar surface area (TPSA) is 62.4 Å². The lowest BCUT2D eigenvalue weighted by Crippen LogP contribution is -2.21. The van der Waals surface area contributed by atoms with Crippen LogP contribution in [-0.2, 0) is 6.54 Å². The molecule has 1 unspecified atom stereocenters. The molecule has 6 heteroatoms. The molecule has 1 aromatic carbocycles. The summed E-state index contributed by atoms with van der Waals surface area (Å²) in [4.78, 5) is 2.11. The fourth-order valence-corrected chi connectivity index (χ4v) is 2.66. The van der Waals surface area contributed by atoms with Gasteiger partial charge in [0.05, 0.1) is 18.2 Å². The van der Waals surface area contributed by atoms with Crippen LogP contribution in [0, 0.1) is 0 Å². The number of halogens is 1. The number of rotatable bonds is 3. The molecular weight excluding hydrogens is 310 g/mol. The van der Waals surface area contributed by atoms with Crippen LogP contribution in [0.1, 0.15) is 12.3 Å². The van der Waals surface area contributed by atoms with Crippen LogP contribution in [0.15, 0.2) is 33.2 Å². The van der Waals surface area contributed by atoms with Crippen LogP contribution in [0.2, 0.25) is 0 Å². The zero-order valence-electron chi connectivity index (χ0n) is 10.3. The van der Waals surface area contributed by atoms with Gasteiger partial charge >= 0.3 is 0 Å². The summed E-state index contributed by atoms with van der Waals surface area (Å²) in [6, 6.07) is 7.74. The second-order valence-corrected chi connectivity index (χ2v) is 5.51. The molecule has 0 amide bonds. The molecule has 5 nitrogen and oxygen atoms in total. The summed E-state index contributed by atoms with van der Waals surface area (Å²) < 4.78 is 6.60. The molecule has 19 heavy (non-hydrogen) atoms. The largest absolute Gasteiger partial charge is 0.419 e. The molecule has 1 N–H and O–H groups in total. The summed E-state index contributed by atoms with van der Waals surface area (Å²) in [6.45, 7) is 2.13. The number of β-amino-alcohol motifs (C(OH)–C–C–N with tert-alkyl or cyclic N) is 1. The van der Waals surface area contributed by atoms with Crippen molar-refractivity contribution in [3.8, 4) is 11.5 Å². The van der Waals surface area contributed by atoms with Crippen molar-refractivity contribution in [3.05, 3.63) is 34.6 Å². The van der Waals surface area contributed by atoms with Gasteiger partial charge in [-0.15, -0.1) is 10.2 Å². The van der Waals surface area contributed by atoms with Gasteiger partial charge in [0.25, 0.3) is 0 Å². The quantitative estimate of drug-likeness (QED) is 0.936. The lowest BCUT2D eigenvalue weighted by molar-refractivity contribution is 0.171. The van der Waals surface area contributed by atoms with E-state index in [0.717, 1.165) is 23.0 Å². The van der Waals surface area contributed by atoms with Crippen LogP contribution in [0.3, 0.4) is 0 Å². The summed E-state index contributed by atoms with van der Waals surface area (Å²) in [5.41, 5.74) is 0.891. The number of hydrogen-bond acceptors (Lipinski definition) is 5. The molecule has 0 aliphatic carbocycles. The zero-order valence-corrected chi connectivity index (χ0v) is 11.9. The number of hydrogen-bond donors (Lipinski definition) is 1. The monoisotopic (exact) mass is 323 g/mol. The van der Waals surface area contributed by atoms with Gasteiger partial charge in [0.15, 0.2) is 0 Å². The van der Waals surface area contributed by atoms with Crippen molar-refractivity contribution in [3.63, 3.8) is 0 Å². The Hall–Kier alpha value is -1.24. The van der Waals surface area contributed by atoms with E-state index in [2.05, 4.69) is 31.0 Å². The molecule has 1 aliphatic rings. The zero-order chi connectivity index (χ0) is 13.2. The van der Waals surface area contributed by atoms with Gasteiger partial charge in [-0.3, -0.25) is 4.90 Å². The Morgan fingerprint density at radius 2 is 2.21 bits per heavy atom. The minimum atomic E-state index is -0.231. The molecule has 0 radical (unpaired) electrons. The Morgan fingerprint density at radius 3 is 2.95 bits per heavy atom. The second kappa shape index (κ2) is 5.40. The number of aliphatic hydroxyl groups is 1. The van der Waals surface area contributed by atoms with Crippen molar-refractivity contribution < 1.29 is 9.52 Å². The van der Waals surface area contributed by atoms with Gasteiger partial charge in [-0.2, -0.15) is 0 Å². The Balaban J connectivity index is 1.75. The molecular formula is C13H14BrN3O2. The van der Waals surface area contributed by atoms with Gasteiger partial charge in [-0.1, -0.05) is 12.1 Å². The Morgan fingerprint density at radius 1 is 1.37 bits per heavy atom. The van der Waals surface area contributed by atoms with E-state index in [0.29, 0.717) is 24.9 Å². The first-order valence-electron chi connectivity index (χ1n) is 6.20. The maximum Gasteiger partial charge on any atom is 0.248 e. The number of nitrogens with zero attached hydrogens (tertiary/aromatic N) is 3. The van der Waals surface area contributed by atoms with Crippen molar-refractivity contribution in [2.45, 2.75) is 19.1 Å². The lowest BCUT2D eigenvalue weighted by Gasteiger charge is -2.10. The molecule has 1 fully saturated rings. The van der Waals surface area contributed by atoms with Gasteiger partial charge in [0.1, 0.15) is 0 Å². The van der Waals surface area contributed by atoms with Crippen molar-refractivity contribution in [2.75, 3.05) is 13.1 Å². The Kier molecular flexibility index (Phi) is 3.63. The van der Waals surface area contributed by atoms with E-state index < -0.39 is 0 Å². The lowest BCUT2D eigenvalue weighted by atomic mass is 10.2. The standard InChI is InChI=1S/C13H14BrN3O2/c14-11-4-2-1-3-10(11)13-16-15-12(19-13)8-17-6-5-9(18)7-17/h1-4,9,18H,5-8H2. The van der Waals surface area contributed by atoms with Crippen molar-refractivity contribution in [2.24, 2.45) is 0 Å². The molecule has 100 valence electrons. The van der Waals surface area contributed by atoms with Crippen LogP contribution in [0.5, 0.6) is 0 Å². The smallest absolute Gasteiger partial charge is 0.248 e. The number of aromatic nitrogens is 2. The predicted molar refractivity (Wildman–Crippen MR) is 73.3 cm³/mol. The SMILES string of the molecule is OC1CCN(Cc2nnc(-c3ccccc3Br)o2)C1. The summed E-state index contributed by atoms with van der Waals surface area (Å²) in [6.07, 6.45) is 0.580. The van der Waals surface area contributed by atoms with Gasteiger partial charge in [0, 0.05) is 17.6 Å². The third-order valence-corrected chi connectivity index (χ3v) is 3.87. The maximum atomic E-state index is 9.48. The minimum absolute atomic E-state index is 0.231. The molecule has 1 saturated heterocycles. The number of benzene rings is 1. The Labute approximate surface area is 119 Å². The molecule has 1 aliphatic heterocycles. The highest BCUT2D eigenvalue weighted by atomic mass is 79.9. The summed E-state index contributed by atoms with van der Waals surface area (Å²) in [5.74, 6) is 1.10. The molecule has 2 heterocycles. The van der Waals surface area contributed by atoms with Gasteiger partial charge in [-0.05, 0) is 34.5 Å². The van der Waals surface area contributed by atoms with Crippen molar-refractivity contribution in [1.82, 2.24) is 15.1 Å². The molecule has 1 aromatic heterocycles. The van der Waals surface area contributed by atoms with Crippen molar-refractivity contribution >= 4 is 15.9 Å². The molecule has 0 saturated carbocycles. The molecule has 0 spiro atoms. The third kappa shape index (κ3) is 2.86.